The number of fused-ring (bicyclic) bond motifs is 1. The molecule has 4 rings (SSSR count). The summed E-state index contributed by atoms with van der Waals surface area (Å²) in [6.45, 7) is 1.97. The first kappa shape index (κ1) is 15.4. The van der Waals surface area contributed by atoms with Crippen LogP contribution in [0.1, 0.15) is 24.8 Å². The van der Waals surface area contributed by atoms with E-state index in [1.165, 1.54) is 0 Å². The molecule has 0 saturated heterocycles. The monoisotopic (exact) mass is 338 g/mol. The Morgan fingerprint density at radius 1 is 1.28 bits per heavy atom. The summed E-state index contributed by atoms with van der Waals surface area (Å²) in [6, 6.07) is 3.96. The van der Waals surface area contributed by atoms with E-state index >= 15 is 0 Å². The number of rotatable bonds is 4. The lowest BCUT2D eigenvalue weighted by molar-refractivity contribution is -0.121. The Kier molecular flexibility index (Phi) is 3.75. The Labute approximate surface area is 143 Å². The SMILES string of the molecule is Cc1ccc(-n2nnc3cnc(NC4CCC(C(N)=O)C4)nc32)nc1. The summed E-state index contributed by atoms with van der Waals surface area (Å²) in [4.78, 5) is 24.5. The van der Waals surface area contributed by atoms with Crippen molar-refractivity contribution in [1.82, 2.24) is 29.9 Å². The van der Waals surface area contributed by atoms with Crippen LogP contribution in [-0.4, -0.2) is 41.9 Å². The molecule has 2 unspecified atom stereocenters. The fourth-order valence-corrected chi connectivity index (χ4v) is 3.09. The third-order valence-electron chi connectivity index (χ3n) is 4.47. The quantitative estimate of drug-likeness (QED) is 0.726. The van der Waals surface area contributed by atoms with E-state index < -0.39 is 0 Å². The molecule has 0 aromatic carbocycles. The smallest absolute Gasteiger partial charge is 0.225 e. The van der Waals surface area contributed by atoms with Crippen molar-refractivity contribution in [2.75, 3.05) is 5.32 Å². The number of hydrogen-bond acceptors (Lipinski definition) is 7. The third-order valence-corrected chi connectivity index (χ3v) is 4.47. The molecule has 0 bridgehead atoms. The second kappa shape index (κ2) is 6.08. The third kappa shape index (κ3) is 3.00. The number of aryl methyl sites for hydroxylation is 1. The number of carbonyl (C=O) groups is 1. The summed E-state index contributed by atoms with van der Waals surface area (Å²) >= 11 is 0. The number of primary amides is 1. The fourth-order valence-electron chi connectivity index (χ4n) is 3.09. The van der Waals surface area contributed by atoms with Crippen molar-refractivity contribution in [3.63, 3.8) is 0 Å². The zero-order valence-electron chi connectivity index (χ0n) is 13.8. The van der Waals surface area contributed by atoms with Crippen LogP contribution in [0.25, 0.3) is 17.0 Å². The van der Waals surface area contributed by atoms with Crippen LogP contribution < -0.4 is 11.1 Å². The Morgan fingerprint density at radius 3 is 2.88 bits per heavy atom. The summed E-state index contributed by atoms with van der Waals surface area (Å²) in [5, 5.41) is 11.5. The largest absolute Gasteiger partial charge is 0.369 e. The fraction of sp³-hybridized carbons (Fsp3) is 0.375. The maximum atomic E-state index is 11.3. The minimum absolute atomic E-state index is 0.0785. The van der Waals surface area contributed by atoms with Crippen LogP contribution in [-0.2, 0) is 4.79 Å². The van der Waals surface area contributed by atoms with Crippen LogP contribution in [0.15, 0.2) is 24.5 Å². The number of hydrogen-bond donors (Lipinski definition) is 2. The van der Waals surface area contributed by atoms with Crippen molar-refractivity contribution in [3.05, 3.63) is 30.1 Å². The molecule has 128 valence electrons. The molecule has 1 aliphatic carbocycles. The number of nitrogens with one attached hydrogen (secondary N) is 1. The van der Waals surface area contributed by atoms with Crippen LogP contribution in [0.2, 0.25) is 0 Å². The molecule has 0 aliphatic heterocycles. The van der Waals surface area contributed by atoms with Gasteiger partial charge in [-0.2, -0.15) is 9.67 Å². The van der Waals surface area contributed by atoms with Gasteiger partial charge in [-0.05, 0) is 37.8 Å². The van der Waals surface area contributed by atoms with Crippen LogP contribution >= 0.6 is 0 Å². The summed E-state index contributed by atoms with van der Waals surface area (Å²) in [6.07, 6.45) is 5.76. The lowest BCUT2D eigenvalue weighted by atomic mass is 10.1. The van der Waals surface area contributed by atoms with Gasteiger partial charge in [-0.15, -0.1) is 5.10 Å². The molecule has 2 atom stereocenters. The van der Waals surface area contributed by atoms with Crippen molar-refractivity contribution in [2.45, 2.75) is 32.2 Å². The van der Waals surface area contributed by atoms with Crippen LogP contribution in [0.4, 0.5) is 5.95 Å². The average Bonchev–Trinajstić information content (AvgIpc) is 3.22. The molecule has 1 fully saturated rings. The first-order valence-electron chi connectivity index (χ1n) is 8.17. The van der Waals surface area contributed by atoms with Gasteiger partial charge in [0.15, 0.2) is 17.0 Å². The van der Waals surface area contributed by atoms with Crippen LogP contribution in [0.5, 0.6) is 0 Å². The lowest BCUT2D eigenvalue weighted by Gasteiger charge is -2.12. The summed E-state index contributed by atoms with van der Waals surface area (Å²) in [5.41, 5.74) is 7.62. The molecule has 0 spiro atoms. The van der Waals surface area contributed by atoms with Gasteiger partial charge >= 0.3 is 0 Å². The molecule has 3 N–H and O–H groups in total. The van der Waals surface area contributed by atoms with E-state index in [0.717, 1.165) is 18.4 Å². The molecule has 0 radical (unpaired) electrons. The van der Waals surface area contributed by atoms with Gasteiger partial charge in [0.25, 0.3) is 0 Å². The summed E-state index contributed by atoms with van der Waals surface area (Å²) < 4.78 is 1.59. The molecule has 9 heteroatoms. The number of aromatic nitrogens is 6. The van der Waals surface area contributed by atoms with Crippen LogP contribution in [0, 0.1) is 12.8 Å². The van der Waals surface area contributed by atoms with E-state index in [1.807, 2.05) is 19.1 Å². The maximum Gasteiger partial charge on any atom is 0.225 e. The second-order valence-electron chi connectivity index (χ2n) is 6.35. The Balaban J connectivity index is 1.60. The van der Waals surface area contributed by atoms with Crippen molar-refractivity contribution in [3.8, 4) is 5.82 Å². The molecular formula is C16H18N8O. The predicted octanol–water partition coefficient (Wildman–Crippen LogP) is 0.980. The van der Waals surface area contributed by atoms with Gasteiger partial charge in [0.05, 0.1) is 6.20 Å². The molecule has 25 heavy (non-hydrogen) atoms. The predicted molar refractivity (Wildman–Crippen MR) is 90.9 cm³/mol. The molecule has 3 aromatic rings. The number of amides is 1. The Morgan fingerprint density at radius 2 is 2.16 bits per heavy atom. The number of nitrogens with two attached hydrogens (primary N) is 1. The summed E-state index contributed by atoms with van der Waals surface area (Å²) in [5.74, 6) is 0.810. The standard InChI is InChI=1S/C16H18N8O/c1-9-2-5-13(18-7-9)24-15-12(22-23-24)8-19-16(21-15)20-11-4-3-10(6-11)14(17)25/h2,5,7-8,10-11H,3-4,6H2,1H3,(H2,17,25)(H,19,20,21). The molecule has 3 heterocycles. The Bertz CT molecular complexity index is 920. The Hall–Kier alpha value is -3.10. The molecular weight excluding hydrogens is 320 g/mol. The van der Waals surface area contributed by atoms with Gasteiger partial charge in [0.1, 0.15) is 0 Å². The zero-order valence-corrected chi connectivity index (χ0v) is 13.8. The van der Waals surface area contributed by atoms with Crippen molar-refractivity contribution in [1.29, 1.82) is 0 Å². The first-order valence-corrected chi connectivity index (χ1v) is 8.17. The molecule has 1 aliphatic rings. The minimum Gasteiger partial charge on any atom is -0.369 e. The van der Waals surface area contributed by atoms with Gasteiger partial charge in [0.2, 0.25) is 11.9 Å². The molecule has 9 nitrogen and oxygen atoms in total. The normalized spacial score (nSPS) is 20.0. The highest BCUT2D eigenvalue weighted by atomic mass is 16.1. The maximum absolute atomic E-state index is 11.3. The van der Waals surface area contributed by atoms with E-state index in [-0.39, 0.29) is 17.9 Å². The lowest BCUT2D eigenvalue weighted by Crippen LogP contribution is -2.23. The van der Waals surface area contributed by atoms with Gasteiger partial charge in [-0.3, -0.25) is 4.79 Å². The second-order valence-corrected chi connectivity index (χ2v) is 6.35. The van der Waals surface area contributed by atoms with Gasteiger partial charge in [-0.1, -0.05) is 11.3 Å². The average molecular weight is 338 g/mol. The number of carbonyl (C=O) groups excluding carboxylic acids is 1. The number of pyridine rings is 1. The van der Waals surface area contributed by atoms with Crippen molar-refractivity contribution < 1.29 is 4.79 Å². The van der Waals surface area contributed by atoms with Crippen molar-refractivity contribution in [2.24, 2.45) is 11.7 Å². The molecule has 1 saturated carbocycles. The minimum atomic E-state index is -0.242. The number of anilines is 1. The van der Waals surface area contributed by atoms with E-state index in [4.69, 9.17) is 5.73 Å². The van der Waals surface area contributed by atoms with Gasteiger partial charge in [-0.25, -0.2) is 9.97 Å². The first-order chi connectivity index (χ1) is 12.1. The molecule has 1 amide bonds. The van der Waals surface area contributed by atoms with E-state index in [2.05, 4.69) is 30.6 Å². The van der Waals surface area contributed by atoms with E-state index in [1.54, 1.807) is 17.1 Å². The van der Waals surface area contributed by atoms with E-state index in [0.29, 0.717) is 29.4 Å². The van der Waals surface area contributed by atoms with E-state index in [9.17, 15) is 4.79 Å². The highest BCUT2D eigenvalue weighted by molar-refractivity contribution is 5.77. The molecule has 3 aromatic heterocycles. The zero-order chi connectivity index (χ0) is 17.4. The van der Waals surface area contributed by atoms with Gasteiger partial charge < -0.3 is 11.1 Å². The van der Waals surface area contributed by atoms with Crippen LogP contribution in [0.3, 0.4) is 0 Å². The number of nitrogens with zero attached hydrogens (tertiary/aromatic N) is 6. The topological polar surface area (TPSA) is 124 Å². The van der Waals surface area contributed by atoms with Gasteiger partial charge in [0, 0.05) is 18.2 Å². The van der Waals surface area contributed by atoms with Crippen molar-refractivity contribution >= 4 is 23.0 Å². The summed E-state index contributed by atoms with van der Waals surface area (Å²) in [7, 11) is 0. The highest BCUT2D eigenvalue weighted by Crippen LogP contribution is 2.27. The highest BCUT2D eigenvalue weighted by Gasteiger charge is 2.28.